The molecule has 0 aliphatic rings. The van der Waals surface area contributed by atoms with E-state index in [2.05, 4.69) is 54.6 Å². The average Bonchev–Trinajstić information content (AvgIpc) is 3.50. The van der Waals surface area contributed by atoms with E-state index in [4.69, 9.17) is 15.0 Å². The van der Waals surface area contributed by atoms with Crippen molar-refractivity contribution in [3.63, 3.8) is 0 Å². The smallest absolute Gasteiger partial charge is 0.258 e. The fraction of sp³-hybridized carbons (Fsp3) is 0. The molecular weight excluding hydrogens is 936 g/mol. The van der Waals surface area contributed by atoms with Gasteiger partial charge in [0.1, 0.15) is 16.9 Å². The molecule has 13 aromatic rings. The van der Waals surface area contributed by atoms with Crippen LogP contribution in [0.5, 0.6) is 0 Å². The van der Waals surface area contributed by atoms with E-state index in [-0.39, 0.29) is 25.1 Å². The molecule has 0 N–H and O–H groups in total. The zero-order valence-electron chi connectivity index (χ0n) is 40.7. The van der Waals surface area contributed by atoms with Crippen LogP contribution < -0.4 is 16.7 Å². The van der Waals surface area contributed by atoms with Gasteiger partial charge in [0.15, 0.2) is 0 Å². The van der Waals surface area contributed by atoms with Gasteiger partial charge in [-0.2, -0.15) is 0 Å². The number of pyridine rings is 3. The molecule has 6 aromatic heterocycles. The van der Waals surface area contributed by atoms with Crippen LogP contribution in [-0.2, 0) is 0 Å². The molecule has 0 aliphatic carbocycles. The van der Waals surface area contributed by atoms with Crippen molar-refractivity contribution in [3.8, 4) is 101 Å². The monoisotopic (exact) mass is 977 g/mol. The molecule has 0 unspecified atom stereocenters. The minimum atomic E-state index is -0.162. The largest absolute Gasteiger partial charge is 0.269 e. The van der Waals surface area contributed by atoms with Crippen LogP contribution >= 0.6 is 0 Å². The standard InChI is InChI=1S/C66H42N6O3.B/c73-64-40-58(43-16-4-1-5-17-43)67-61-37-46(28-31-70(61)64)52-22-10-13-25-55(52)49-34-50(56-26-14-11-23-53(56)47-29-32-71-62(38-47)68-59(41-65(71)74)44-18-6-2-7-19-44)36-51(35-49)57-27-15-12-24-54(57)48-30-33-72-63(39-48)69-60(42-66(72)75)45-20-8-3-9-21-45;/h1-42H;. The van der Waals surface area contributed by atoms with Crippen LogP contribution in [-0.4, -0.2) is 36.6 Å². The lowest BCUT2D eigenvalue weighted by atomic mass is 9.86. The Labute approximate surface area is 438 Å². The Kier molecular flexibility index (Phi) is 12.1. The van der Waals surface area contributed by atoms with Gasteiger partial charge in [0.05, 0.1) is 17.1 Å². The van der Waals surface area contributed by atoms with Gasteiger partial charge < -0.3 is 0 Å². The zero-order chi connectivity index (χ0) is 50.4. The Morgan fingerprint density at radius 2 is 0.474 bits per heavy atom. The van der Waals surface area contributed by atoms with E-state index < -0.39 is 0 Å². The van der Waals surface area contributed by atoms with Gasteiger partial charge in [-0.25, -0.2) is 15.0 Å². The quantitative estimate of drug-likeness (QED) is 0.134. The molecule has 0 bridgehead atoms. The number of rotatable bonds is 9. The summed E-state index contributed by atoms with van der Waals surface area (Å²) in [6, 6.07) is 77.4. The average molecular weight is 978 g/mol. The van der Waals surface area contributed by atoms with Gasteiger partial charge in [0.2, 0.25) is 0 Å². The minimum absolute atomic E-state index is 0. The first-order valence-corrected chi connectivity index (χ1v) is 24.6. The van der Waals surface area contributed by atoms with Gasteiger partial charge in [0, 0.05) is 61.9 Å². The lowest BCUT2D eigenvalue weighted by Gasteiger charge is -2.18. The number of nitrogens with zero attached hydrogens (tertiary/aromatic N) is 6. The van der Waals surface area contributed by atoms with Crippen molar-refractivity contribution in [2.24, 2.45) is 0 Å². The van der Waals surface area contributed by atoms with Gasteiger partial charge in [-0.15, -0.1) is 0 Å². The topological polar surface area (TPSA) is 103 Å². The van der Waals surface area contributed by atoms with Crippen molar-refractivity contribution in [2.75, 3.05) is 0 Å². The fourth-order valence-corrected chi connectivity index (χ4v) is 10.1. The number of hydrogen-bond donors (Lipinski definition) is 0. The van der Waals surface area contributed by atoms with E-state index in [1.165, 1.54) is 0 Å². The number of fused-ring (bicyclic) bond motifs is 3. The third-order valence-electron chi connectivity index (χ3n) is 13.8. The lowest BCUT2D eigenvalue weighted by molar-refractivity contribution is 1.05. The Balaban J connectivity index is 0.00000582. The highest BCUT2D eigenvalue weighted by atomic mass is 16.1. The maximum absolute atomic E-state index is 13.5. The normalized spacial score (nSPS) is 11.2. The first kappa shape index (κ1) is 46.7. The molecule has 357 valence electrons. The van der Waals surface area contributed by atoms with Crippen molar-refractivity contribution in [3.05, 3.63) is 286 Å². The molecule has 0 amide bonds. The molecule has 3 radical (unpaired) electrons. The minimum Gasteiger partial charge on any atom is -0.269 e. The zero-order valence-corrected chi connectivity index (χ0v) is 40.7. The summed E-state index contributed by atoms with van der Waals surface area (Å²) in [5, 5.41) is 0. The van der Waals surface area contributed by atoms with Gasteiger partial charge in [-0.05, 0) is 121 Å². The van der Waals surface area contributed by atoms with Crippen LogP contribution in [0.2, 0.25) is 0 Å². The highest BCUT2D eigenvalue weighted by Gasteiger charge is 2.18. The first-order chi connectivity index (χ1) is 36.9. The van der Waals surface area contributed by atoms with E-state index in [0.717, 1.165) is 83.5 Å². The Morgan fingerprint density at radius 1 is 0.237 bits per heavy atom. The second-order valence-corrected chi connectivity index (χ2v) is 18.4. The second-order valence-electron chi connectivity index (χ2n) is 18.4. The van der Waals surface area contributed by atoms with Crippen molar-refractivity contribution >= 4 is 25.4 Å². The van der Waals surface area contributed by atoms with Crippen molar-refractivity contribution < 1.29 is 0 Å². The third kappa shape index (κ3) is 8.69. The summed E-state index contributed by atoms with van der Waals surface area (Å²) >= 11 is 0. The molecule has 0 aliphatic heterocycles. The number of hydrogen-bond acceptors (Lipinski definition) is 6. The SMILES string of the molecule is O=c1cc(-c2ccccc2)nc2cc(-c3ccccc3-c3cc(-c4ccccc4-c4ccn5c(=O)cc(-c6ccccc6)nc5c4)cc(-c4ccccc4-c4ccn5c(=O)cc(-c6ccccc6)nc5c4)c3)ccn12.[B]. The van der Waals surface area contributed by atoms with E-state index in [1.807, 2.05) is 164 Å². The van der Waals surface area contributed by atoms with Crippen LogP contribution in [0.25, 0.3) is 117 Å². The molecule has 0 atom stereocenters. The van der Waals surface area contributed by atoms with Crippen LogP contribution in [0.4, 0.5) is 0 Å². The van der Waals surface area contributed by atoms with Crippen molar-refractivity contribution in [2.45, 2.75) is 0 Å². The van der Waals surface area contributed by atoms with Crippen LogP contribution in [0.3, 0.4) is 0 Å². The molecule has 0 fully saturated rings. The molecular formula is C66H42BN6O3. The summed E-state index contributed by atoms with van der Waals surface area (Å²) in [5.74, 6) is 0. The Hall–Kier alpha value is -10.3. The van der Waals surface area contributed by atoms with Gasteiger partial charge in [0.25, 0.3) is 16.7 Å². The summed E-state index contributed by atoms with van der Waals surface area (Å²) in [7, 11) is 0. The summed E-state index contributed by atoms with van der Waals surface area (Å²) in [6.45, 7) is 0. The molecule has 7 aromatic carbocycles. The maximum Gasteiger partial charge on any atom is 0.258 e. The first-order valence-electron chi connectivity index (χ1n) is 24.6. The molecule has 6 heterocycles. The van der Waals surface area contributed by atoms with E-state index in [1.54, 1.807) is 50.0 Å². The predicted octanol–water partition coefficient (Wildman–Crippen LogP) is 13.3. The highest BCUT2D eigenvalue weighted by Crippen LogP contribution is 2.42. The van der Waals surface area contributed by atoms with Crippen LogP contribution in [0.1, 0.15) is 0 Å². The summed E-state index contributed by atoms with van der Waals surface area (Å²) in [6.07, 6.45) is 5.39. The van der Waals surface area contributed by atoms with Crippen LogP contribution in [0.15, 0.2) is 270 Å². The number of aromatic nitrogens is 6. The maximum atomic E-state index is 13.5. The fourth-order valence-electron chi connectivity index (χ4n) is 10.1. The number of benzene rings is 7. The molecule has 76 heavy (non-hydrogen) atoms. The molecule has 9 nitrogen and oxygen atoms in total. The molecule has 0 saturated carbocycles. The van der Waals surface area contributed by atoms with Crippen molar-refractivity contribution in [1.82, 2.24) is 28.2 Å². The van der Waals surface area contributed by atoms with E-state index in [9.17, 15) is 14.4 Å². The summed E-state index contributed by atoms with van der Waals surface area (Å²) in [4.78, 5) is 55.5. The molecule has 0 saturated heterocycles. The Bertz CT molecular complexity index is 4080. The summed E-state index contributed by atoms with van der Waals surface area (Å²) < 4.78 is 4.73. The summed E-state index contributed by atoms with van der Waals surface area (Å²) in [5.41, 5.74) is 17.0. The molecule has 10 heteroatoms. The van der Waals surface area contributed by atoms with E-state index in [0.29, 0.717) is 34.0 Å². The predicted molar refractivity (Wildman–Crippen MR) is 306 cm³/mol. The lowest BCUT2D eigenvalue weighted by Crippen LogP contribution is -2.14. The molecule has 0 spiro atoms. The van der Waals surface area contributed by atoms with Gasteiger partial charge in [-0.3, -0.25) is 27.6 Å². The highest BCUT2D eigenvalue weighted by molar-refractivity contribution is 5.95. The molecule has 13 rings (SSSR count). The van der Waals surface area contributed by atoms with Crippen molar-refractivity contribution in [1.29, 1.82) is 0 Å². The van der Waals surface area contributed by atoms with Gasteiger partial charge in [-0.1, -0.05) is 164 Å². The van der Waals surface area contributed by atoms with Gasteiger partial charge >= 0.3 is 0 Å². The Morgan fingerprint density at radius 3 is 0.737 bits per heavy atom. The van der Waals surface area contributed by atoms with Crippen LogP contribution in [0, 0.1) is 0 Å². The van der Waals surface area contributed by atoms with E-state index >= 15 is 0 Å². The third-order valence-corrected chi connectivity index (χ3v) is 13.8. The second kappa shape index (κ2) is 19.6.